The zero-order chi connectivity index (χ0) is 20.3. The Labute approximate surface area is 174 Å². The summed E-state index contributed by atoms with van der Waals surface area (Å²) in [5, 5.41) is 0. The maximum absolute atomic E-state index is 12.2. The van der Waals surface area contributed by atoms with E-state index in [2.05, 4.69) is 13.8 Å². The molecule has 0 saturated heterocycles. The van der Waals surface area contributed by atoms with Crippen LogP contribution in [0.2, 0.25) is 0 Å². The Bertz CT molecular complexity index is 453. The van der Waals surface area contributed by atoms with E-state index in [9.17, 15) is 4.79 Å². The second-order valence-corrected chi connectivity index (χ2v) is 8.32. The van der Waals surface area contributed by atoms with Gasteiger partial charge in [-0.1, -0.05) is 121 Å². The van der Waals surface area contributed by atoms with Crippen molar-refractivity contribution in [1.82, 2.24) is 0 Å². The topological polar surface area (TPSA) is 26.3 Å². The predicted molar refractivity (Wildman–Crippen MR) is 121 cm³/mol. The van der Waals surface area contributed by atoms with Crippen molar-refractivity contribution >= 4 is 5.97 Å². The van der Waals surface area contributed by atoms with E-state index in [0.717, 1.165) is 5.56 Å². The van der Waals surface area contributed by atoms with Crippen molar-refractivity contribution in [2.24, 2.45) is 5.92 Å². The molecule has 0 fully saturated rings. The molecule has 28 heavy (non-hydrogen) atoms. The molecule has 0 aliphatic rings. The van der Waals surface area contributed by atoms with E-state index in [1.54, 1.807) is 0 Å². The Kier molecular flexibility index (Phi) is 15.7. The van der Waals surface area contributed by atoms with Crippen LogP contribution in [0.25, 0.3) is 0 Å². The van der Waals surface area contributed by atoms with Gasteiger partial charge in [0.1, 0.15) is 0 Å². The second kappa shape index (κ2) is 17.8. The van der Waals surface area contributed by atoms with Gasteiger partial charge in [-0.15, -0.1) is 0 Å². The van der Waals surface area contributed by atoms with Crippen LogP contribution in [0.5, 0.6) is 0 Å². The number of carbonyl (C=O) groups is 1. The molecule has 0 saturated carbocycles. The van der Waals surface area contributed by atoms with Crippen molar-refractivity contribution in [2.75, 3.05) is 6.61 Å². The molecule has 0 spiro atoms. The van der Waals surface area contributed by atoms with Crippen LogP contribution in [0.4, 0.5) is 0 Å². The number of hydrogen-bond acceptors (Lipinski definition) is 2. The third-order valence-electron chi connectivity index (χ3n) is 5.60. The lowest BCUT2D eigenvalue weighted by molar-refractivity contribution is -0.144. The Hall–Kier alpha value is -1.31. The molecule has 0 N–H and O–H groups in total. The minimum absolute atomic E-state index is 0.0814. The quantitative estimate of drug-likeness (QED) is 0.189. The van der Waals surface area contributed by atoms with Crippen LogP contribution in [0.3, 0.4) is 0 Å². The van der Waals surface area contributed by atoms with Gasteiger partial charge < -0.3 is 4.74 Å². The fourth-order valence-corrected chi connectivity index (χ4v) is 3.76. The van der Waals surface area contributed by atoms with Crippen LogP contribution >= 0.6 is 0 Å². The van der Waals surface area contributed by atoms with Gasteiger partial charge in [0.2, 0.25) is 0 Å². The van der Waals surface area contributed by atoms with Crippen LogP contribution in [-0.2, 0) is 16.0 Å². The zero-order valence-corrected chi connectivity index (χ0v) is 18.6. The summed E-state index contributed by atoms with van der Waals surface area (Å²) >= 11 is 0. The van der Waals surface area contributed by atoms with Gasteiger partial charge in [-0.3, -0.25) is 4.79 Å². The number of esters is 1. The summed E-state index contributed by atoms with van der Waals surface area (Å²) in [5.74, 6) is 0.458. The molecule has 1 aromatic rings. The first-order valence-electron chi connectivity index (χ1n) is 12.0. The van der Waals surface area contributed by atoms with Crippen molar-refractivity contribution in [3.63, 3.8) is 0 Å². The van der Waals surface area contributed by atoms with Crippen LogP contribution < -0.4 is 0 Å². The first-order chi connectivity index (χ1) is 13.8. The fraction of sp³-hybridized carbons (Fsp3) is 0.731. The van der Waals surface area contributed by atoms with Crippen LogP contribution in [0.1, 0.15) is 109 Å². The van der Waals surface area contributed by atoms with Crippen molar-refractivity contribution in [2.45, 2.75) is 110 Å². The Morgan fingerprint density at radius 2 is 1.25 bits per heavy atom. The lowest BCUT2D eigenvalue weighted by Crippen LogP contribution is -2.16. The third-order valence-corrected chi connectivity index (χ3v) is 5.60. The van der Waals surface area contributed by atoms with E-state index < -0.39 is 0 Å². The molecule has 0 radical (unpaired) electrons. The van der Waals surface area contributed by atoms with Gasteiger partial charge in [-0.2, -0.15) is 0 Å². The van der Waals surface area contributed by atoms with Crippen molar-refractivity contribution < 1.29 is 9.53 Å². The third kappa shape index (κ3) is 13.8. The molecule has 0 aromatic heterocycles. The van der Waals surface area contributed by atoms with Gasteiger partial charge >= 0.3 is 5.97 Å². The molecule has 160 valence electrons. The first kappa shape index (κ1) is 24.7. The highest BCUT2D eigenvalue weighted by atomic mass is 16.5. The molecule has 0 bridgehead atoms. The summed E-state index contributed by atoms with van der Waals surface area (Å²) in [6.45, 7) is 5.14. The van der Waals surface area contributed by atoms with Gasteiger partial charge in [-0.05, 0) is 24.3 Å². The minimum atomic E-state index is -0.0814. The first-order valence-corrected chi connectivity index (χ1v) is 12.0. The van der Waals surface area contributed by atoms with Crippen molar-refractivity contribution in [1.29, 1.82) is 0 Å². The molecule has 1 rings (SSSR count). The highest BCUT2D eigenvalue weighted by molar-refractivity contribution is 5.72. The van der Waals surface area contributed by atoms with Crippen molar-refractivity contribution in [3.8, 4) is 0 Å². The molecule has 0 aliphatic heterocycles. The monoisotopic (exact) mass is 388 g/mol. The number of carbonyl (C=O) groups excluding carboxylic acids is 1. The predicted octanol–water partition coefficient (Wildman–Crippen LogP) is 7.89. The fourth-order valence-electron chi connectivity index (χ4n) is 3.76. The average Bonchev–Trinajstić information content (AvgIpc) is 2.71. The van der Waals surface area contributed by atoms with Gasteiger partial charge in [0, 0.05) is 0 Å². The van der Waals surface area contributed by atoms with Gasteiger partial charge in [0.05, 0.1) is 13.0 Å². The summed E-state index contributed by atoms with van der Waals surface area (Å²) in [6, 6.07) is 9.91. The highest BCUT2D eigenvalue weighted by Crippen LogP contribution is 2.20. The lowest BCUT2D eigenvalue weighted by atomic mass is 9.94. The molecule has 2 nitrogen and oxygen atoms in total. The molecule has 0 unspecified atom stereocenters. The maximum Gasteiger partial charge on any atom is 0.310 e. The minimum Gasteiger partial charge on any atom is -0.465 e. The number of rotatable bonds is 18. The van der Waals surface area contributed by atoms with E-state index in [1.165, 1.54) is 89.9 Å². The Balaban J connectivity index is 2.28. The molecule has 0 amide bonds. The van der Waals surface area contributed by atoms with Crippen LogP contribution in [-0.4, -0.2) is 12.6 Å². The standard InChI is InChI=1S/C26H44O2/c1-3-5-7-9-11-14-20-25(21-15-12-10-8-6-4-2)23-28-26(27)22-24-18-16-13-17-19-24/h13,16-19,25H,3-12,14-15,20-23H2,1-2H3. The zero-order valence-electron chi connectivity index (χ0n) is 18.6. The van der Waals surface area contributed by atoms with Gasteiger partial charge in [0.15, 0.2) is 0 Å². The summed E-state index contributed by atoms with van der Waals surface area (Å²) < 4.78 is 5.66. The van der Waals surface area contributed by atoms with E-state index >= 15 is 0 Å². The number of unbranched alkanes of at least 4 members (excludes halogenated alkanes) is 10. The molecular weight excluding hydrogens is 344 g/mol. The van der Waals surface area contributed by atoms with E-state index in [1.807, 2.05) is 30.3 Å². The summed E-state index contributed by atoms with van der Waals surface area (Å²) in [7, 11) is 0. The normalized spacial score (nSPS) is 11.1. The lowest BCUT2D eigenvalue weighted by Gasteiger charge is -2.17. The molecule has 0 aliphatic carbocycles. The summed E-state index contributed by atoms with van der Waals surface area (Å²) in [6.07, 6.45) is 18.8. The average molecular weight is 389 g/mol. The largest absolute Gasteiger partial charge is 0.465 e. The number of ether oxygens (including phenoxy) is 1. The van der Waals surface area contributed by atoms with Crippen LogP contribution in [0, 0.1) is 5.92 Å². The second-order valence-electron chi connectivity index (χ2n) is 8.32. The highest BCUT2D eigenvalue weighted by Gasteiger charge is 2.12. The molecule has 2 heteroatoms. The van der Waals surface area contributed by atoms with Gasteiger partial charge in [0.25, 0.3) is 0 Å². The van der Waals surface area contributed by atoms with E-state index in [-0.39, 0.29) is 5.97 Å². The summed E-state index contributed by atoms with van der Waals surface area (Å²) in [5.41, 5.74) is 1.04. The smallest absolute Gasteiger partial charge is 0.310 e. The maximum atomic E-state index is 12.2. The van der Waals surface area contributed by atoms with E-state index in [0.29, 0.717) is 18.9 Å². The Morgan fingerprint density at radius 3 is 1.79 bits per heavy atom. The molecule has 1 aromatic carbocycles. The number of hydrogen-bond donors (Lipinski definition) is 0. The molecule has 0 atom stereocenters. The van der Waals surface area contributed by atoms with Gasteiger partial charge in [-0.25, -0.2) is 0 Å². The Morgan fingerprint density at radius 1 is 0.750 bits per heavy atom. The van der Waals surface area contributed by atoms with Crippen molar-refractivity contribution in [3.05, 3.63) is 35.9 Å². The summed E-state index contributed by atoms with van der Waals surface area (Å²) in [4.78, 5) is 12.2. The van der Waals surface area contributed by atoms with E-state index in [4.69, 9.17) is 4.74 Å². The number of benzene rings is 1. The van der Waals surface area contributed by atoms with Crippen LogP contribution in [0.15, 0.2) is 30.3 Å². The molecular formula is C26H44O2. The SMILES string of the molecule is CCCCCCCCC(CCCCCCCC)COC(=O)Cc1ccccc1. The molecule has 0 heterocycles.